The number of amides is 2. The second-order valence-corrected chi connectivity index (χ2v) is 5.81. The van der Waals surface area contributed by atoms with Crippen molar-refractivity contribution in [1.82, 2.24) is 10.2 Å². The van der Waals surface area contributed by atoms with Crippen LogP contribution in [-0.4, -0.2) is 52.7 Å². The molecule has 1 rings (SSSR count). The fourth-order valence-corrected chi connectivity index (χ4v) is 2.34. The minimum absolute atomic E-state index is 0.0193. The zero-order valence-electron chi connectivity index (χ0n) is 12.8. The van der Waals surface area contributed by atoms with E-state index < -0.39 is 17.6 Å². The lowest BCUT2D eigenvalue weighted by Crippen LogP contribution is -2.53. The predicted octanol–water partition coefficient (Wildman–Crippen LogP) is 1.37. The standard InChI is InChI=1S/C14H24N2O5/c1-4-21-12(19)10-6-5-9-16(10)13(20)15-14(2,3)8-7-11(17)18/h10H,4-9H2,1-3H3,(H,15,20)(H,17,18). The third-order valence-corrected chi connectivity index (χ3v) is 3.48. The molecule has 1 fully saturated rings. The maximum absolute atomic E-state index is 12.3. The summed E-state index contributed by atoms with van der Waals surface area (Å²) < 4.78 is 4.98. The number of esters is 1. The van der Waals surface area contributed by atoms with Crippen LogP contribution in [0, 0.1) is 0 Å². The Balaban J connectivity index is 2.61. The minimum atomic E-state index is -0.900. The number of nitrogens with one attached hydrogen (secondary N) is 1. The Bertz CT molecular complexity index is 408. The summed E-state index contributed by atoms with van der Waals surface area (Å²) in [6.45, 7) is 6.05. The first kappa shape index (κ1) is 17.3. The summed E-state index contributed by atoms with van der Waals surface area (Å²) >= 11 is 0. The van der Waals surface area contributed by atoms with Gasteiger partial charge >= 0.3 is 18.0 Å². The number of rotatable bonds is 6. The highest BCUT2D eigenvalue weighted by Crippen LogP contribution is 2.20. The van der Waals surface area contributed by atoms with Crippen LogP contribution in [0.4, 0.5) is 4.79 Å². The molecule has 7 nitrogen and oxygen atoms in total. The Kier molecular flexibility index (Phi) is 5.99. The van der Waals surface area contributed by atoms with E-state index in [1.807, 2.05) is 0 Å². The molecule has 0 spiro atoms. The van der Waals surface area contributed by atoms with Gasteiger partial charge in [-0.3, -0.25) is 4.79 Å². The van der Waals surface area contributed by atoms with Crippen molar-refractivity contribution in [3.05, 3.63) is 0 Å². The van der Waals surface area contributed by atoms with Crippen molar-refractivity contribution in [3.63, 3.8) is 0 Å². The van der Waals surface area contributed by atoms with Gasteiger partial charge in [-0.1, -0.05) is 0 Å². The molecule has 0 radical (unpaired) electrons. The molecule has 1 saturated heterocycles. The van der Waals surface area contributed by atoms with Crippen LogP contribution in [0.1, 0.15) is 46.5 Å². The van der Waals surface area contributed by atoms with Crippen molar-refractivity contribution < 1.29 is 24.2 Å². The number of carboxylic acid groups (broad SMARTS) is 1. The van der Waals surface area contributed by atoms with E-state index in [1.54, 1.807) is 20.8 Å². The lowest BCUT2D eigenvalue weighted by Gasteiger charge is -2.31. The van der Waals surface area contributed by atoms with Gasteiger partial charge in [0.15, 0.2) is 0 Å². The van der Waals surface area contributed by atoms with Crippen molar-refractivity contribution in [3.8, 4) is 0 Å². The molecule has 1 heterocycles. The van der Waals surface area contributed by atoms with Crippen LogP contribution < -0.4 is 5.32 Å². The zero-order valence-corrected chi connectivity index (χ0v) is 12.8. The largest absolute Gasteiger partial charge is 0.481 e. The highest BCUT2D eigenvalue weighted by Gasteiger charge is 2.36. The number of carbonyl (C=O) groups is 3. The summed E-state index contributed by atoms with van der Waals surface area (Å²) in [4.78, 5) is 36.2. The zero-order chi connectivity index (χ0) is 16.0. The number of ether oxygens (including phenoxy) is 1. The van der Waals surface area contributed by atoms with Gasteiger partial charge in [0.2, 0.25) is 0 Å². The van der Waals surface area contributed by atoms with E-state index in [2.05, 4.69) is 5.32 Å². The monoisotopic (exact) mass is 300 g/mol. The fraction of sp³-hybridized carbons (Fsp3) is 0.786. The summed E-state index contributed by atoms with van der Waals surface area (Å²) in [5.74, 6) is -1.28. The van der Waals surface area contributed by atoms with Gasteiger partial charge in [-0.15, -0.1) is 0 Å². The van der Waals surface area contributed by atoms with Crippen LogP contribution in [0.3, 0.4) is 0 Å². The summed E-state index contributed by atoms with van der Waals surface area (Å²) in [6.07, 6.45) is 1.66. The molecular weight excluding hydrogens is 276 g/mol. The smallest absolute Gasteiger partial charge is 0.328 e. The molecule has 1 unspecified atom stereocenters. The first-order chi connectivity index (χ1) is 9.76. The molecule has 0 aliphatic carbocycles. The molecule has 21 heavy (non-hydrogen) atoms. The fourth-order valence-electron chi connectivity index (χ4n) is 2.34. The molecule has 2 N–H and O–H groups in total. The molecule has 0 aromatic carbocycles. The molecule has 0 aromatic heterocycles. The number of likely N-dealkylation sites (tertiary alicyclic amines) is 1. The van der Waals surface area contributed by atoms with Crippen LogP contribution in [0.25, 0.3) is 0 Å². The minimum Gasteiger partial charge on any atom is -0.481 e. The van der Waals surface area contributed by atoms with Gasteiger partial charge in [0, 0.05) is 18.5 Å². The Hall–Kier alpha value is -1.79. The Morgan fingerprint density at radius 2 is 2.05 bits per heavy atom. The van der Waals surface area contributed by atoms with Crippen molar-refractivity contribution >= 4 is 18.0 Å². The number of carboxylic acids is 1. The molecule has 2 amide bonds. The summed E-state index contributed by atoms with van der Waals surface area (Å²) in [5, 5.41) is 11.5. The number of hydrogen-bond acceptors (Lipinski definition) is 4. The highest BCUT2D eigenvalue weighted by molar-refractivity contribution is 5.84. The van der Waals surface area contributed by atoms with Crippen LogP contribution in [0.2, 0.25) is 0 Å². The van der Waals surface area contributed by atoms with Gasteiger partial charge in [0.25, 0.3) is 0 Å². The van der Waals surface area contributed by atoms with E-state index in [1.165, 1.54) is 4.90 Å². The number of carbonyl (C=O) groups excluding carboxylic acids is 2. The third kappa shape index (κ3) is 5.24. The number of nitrogens with zero attached hydrogens (tertiary/aromatic N) is 1. The molecule has 0 saturated carbocycles. The van der Waals surface area contributed by atoms with Crippen LogP contribution >= 0.6 is 0 Å². The second-order valence-electron chi connectivity index (χ2n) is 5.81. The molecule has 0 bridgehead atoms. The Morgan fingerprint density at radius 3 is 2.62 bits per heavy atom. The van der Waals surface area contributed by atoms with E-state index in [-0.39, 0.29) is 25.0 Å². The number of aliphatic carboxylic acids is 1. The number of hydrogen-bond donors (Lipinski definition) is 2. The molecule has 1 atom stereocenters. The molecule has 0 aromatic rings. The van der Waals surface area contributed by atoms with E-state index >= 15 is 0 Å². The van der Waals surface area contributed by atoms with Gasteiger partial charge in [-0.05, 0) is 40.0 Å². The summed E-state index contributed by atoms with van der Waals surface area (Å²) in [7, 11) is 0. The van der Waals surface area contributed by atoms with Gasteiger partial charge in [-0.25, -0.2) is 9.59 Å². The highest BCUT2D eigenvalue weighted by atomic mass is 16.5. The van der Waals surface area contributed by atoms with Gasteiger partial charge in [0.05, 0.1) is 6.61 Å². The van der Waals surface area contributed by atoms with Crippen molar-refractivity contribution in [1.29, 1.82) is 0 Å². The quantitative estimate of drug-likeness (QED) is 0.722. The predicted molar refractivity (Wildman–Crippen MR) is 75.8 cm³/mol. The summed E-state index contributed by atoms with van der Waals surface area (Å²) in [6, 6.07) is -0.888. The Morgan fingerprint density at radius 1 is 1.38 bits per heavy atom. The normalized spacial score (nSPS) is 18.4. The third-order valence-electron chi connectivity index (χ3n) is 3.48. The molecular formula is C14H24N2O5. The lowest BCUT2D eigenvalue weighted by atomic mass is 9.99. The van der Waals surface area contributed by atoms with Crippen molar-refractivity contribution in [2.75, 3.05) is 13.2 Å². The maximum atomic E-state index is 12.3. The molecule has 1 aliphatic rings. The van der Waals surface area contributed by atoms with Gasteiger partial charge in [-0.2, -0.15) is 0 Å². The maximum Gasteiger partial charge on any atom is 0.328 e. The molecule has 1 aliphatic heterocycles. The summed E-state index contributed by atoms with van der Waals surface area (Å²) in [5.41, 5.74) is -0.642. The SMILES string of the molecule is CCOC(=O)C1CCCN1C(=O)NC(C)(C)CCC(=O)O. The average Bonchev–Trinajstić information content (AvgIpc) is 2.85. The van der Waals surface area contributed by atoms with E-state index in [9.17, 15) is 14.4 Å². The topological polar surface area (TPSA) is 95.9 Å². The Labute approximate surface area is 124 Å². The van der Waals surface area contributed by atoms with Crippen LogP contribution in [-0.2, 0) is 14.3 Å². The number of urea groups is 1. The van der Waals surface area contributed by atoms with E-state index in [4.69, 9.17) is 9.84 Å². The van der Waals surface area contributed by atoms with Crippen LogP contribution in [0.5, 0.6) is 0 Å². The molecule has 120 valence electrons. The van der Waals surface area contributed by atoms with E-state index in [0.717, 1.165) is 6.42 Å². The van der Waals surface area contributed by atoms with E-state index in [0.29, 0.717) is 19.4 Å². The van der Waals surface area contributed by atoms with Crippen LogP contribution in [0.15, 0.2) is 0 Å². The first-order valence-corrected chi connectivity index (χ1v) is 7.24. The molecule has 7 heteroatoms. The lowest BCUT2D eigenvalue weighted by molar-refractivity contribution is -0.147. The second kappa shape index (κ2) is 7.28. The van der Waals surface area contributed by atoms with Crippen molar-refractivity contribution in [2.24, 2.45) is 0 Å². The average molecular weight is 300 g/mol. The van der Waals surface area contributed by atoms with Crippen molar-refractivity contribution in [2.45, 2.75) is 58.0 Å². The van der Waals surface area contributed by atoms with Gasteiger partial charge in [0.1, 0.15) is 6.04 Å². The van der Waals surface area contributed by atoms with Gasteiger partial charge < -0.3 is 20.1 Å². The first-order valence-electron chi connectivity index (χ1n) is 7.24.